The molecule has 1 atom stereocenters. The summed E-state index contributed by atoms with van der Waals surface area (Å²) >= 11 is 0. The smallest absolute Gasteiger partial charge is 0.359 e. The van der Waals surface area contributed by atoms with Crippen LogP contribution in [0.4, 0.5) is 5.69 Å². The van der Waals surface area contributed by atoms with E-state index in [-0.39, 0.29) is 5.69 Å². The zero-order chi connectivity index (χ0) is 19.2. The Labute approximate surface area is 156 Å². The molecule has 0 aliphatic heterocycles. The second kappa shape index (κ2) is 8.27. The van der Waals surface area contributed by atoms with Crippen LogP contribution < -0.4 is 10.1 Å². The van der Waals surface area contributed by atoms with Gasteiger partial charge < -0.3 is 14.8 Å². The van der Waals surface area contributed by atoms with Crippen molar-refractivity contribution in [3.8, 4) is 5.75 Å². The van der Waals surface area contributed by atoms with Crippen LogP contribution in [0, 0.1) is 0 Å². The van der Waals surface area contributed by atoms with Crippen LogP contribution >= 0.6 is 0 Å². The van der Waals surface area contributed by atoms with Crippen molar-refractivity contribution < 1.29 is 19.1 Å². The third-order valence-corrected chi connectivity index (χ3v) is 3.93. The van der Waals surface area contributed by atoms with Crippen molar-refractivity contribution in [1.29, 1.82) is 0 Å². The van der Waals surface area contributed by atoms with E-state index in [1.54, 1.807) is 50.4 Å². The topological polar surface area (TPSA) is 90.4 Å². The minimum absolute atomic E-state index is 0.0596. The van der Waals surface area contributed by atoms with Crippen LogP contribution in [0.5, 0.6) is 5.75 Å². The minimum atomic E-state index is -0.937. The molecule has 0 aliphatic rings. The van der Waals surface area contributed by atoms with Gasteiger partial charge in [-0.1, -0.05) is 19.1 Å². The van der Waals surface area contributed by atoms with E-state index < -0.39 is 18.0 Å². The molecule has 0 fully saturated rings. The fourth-order valence-electron chi connectivity index (χ4n) is 2.46. The highest BCUT2D eigenvalue weighted by Gasteiger charge is 2.23. The fraction of sp³-hybridized carbons (Fsp3) is 0.200. The van der Waals surface area contributed by atoms with Crippen molar-refractivity contribution in [2.75, 3.05) is 12.4 Å². The molecule has 3 aromatic rings. The Balaban J connectivity index is 1.68. The predicted molar refractivity (Wildman–Crippen MR) is 101 cm³/mol. The van der Waals surface area contributed by atoms with Gasteiger partial charge in [0.1, 0.15) is 5.75 Å². The molecule has 1 heterocycles. The molecule has 1 amide bonds. The second-order valence-corrected chi connectivity index (χ2v) is 5.76. The number of hydrogen-bond donors (Lipinski definition) is 1. The monoisotopic (exact) mass is 365 g/mol. The number of amides is 1. The molecular formula is C20H19N3O4. The number of para-hydroxylation sites is 2. The fourth-order valence-corrected chi connectivity index (χ4v) is 2.46. The van der Waals surface area contributed by atoms with Crippen molar-refractivity contribution in [3.63, 3.8) is 0 Å². The number of aromatic nitrogens is 2. The largest absolute Gasteiger partial charge is 0.497 e. The first-order valence-corrected chi connectivity index (χ1v) is 8.48. The number of methoxy groups -OCH3 is 1. The molecule has 0 radical (unpaired) electrons. The first-order valence-electron chi connectivity index (χ1n) is 8.48. The van der Waals surface area contributed by atoms with Gasteiger partial charge in [0.15, 0.2) is 11.8 Å². The van der Waals surface area contributed by atoms with E-state index >= 15 is 0 Å². The SMILES string of the molecule is CCC(OC(=O)c1cnc2ccccc2n1)C(=O)Nc1ccc(OC)cc1. The van der Waals surface area contributed by atoms with Crippen LogP contribution in [0.1, 0.15) is 23.8 Å². The molecule has 0 spiro atoms. The minimum Gasteiger partial charge on any atom is -0.497 e. The van der Waals surface area contributed by atoms with Gasteiger partial charge in [-0.15, -0.1) is 0 Å². The predicted octanol–water partition coefficient (Wildman–Crippen LogP) is 3.21. The first-order chi connectivity index (χ1) is 13.1. The Hall–Kier alpha value is -3.48. The number of nitrogens with zero attached hydrogens (tertiary/aromatic N) is 2. The van der Waals surface area contributed by atoms with Crippen LogP contribution in [0.2, 0.25) is 0 Å². The maximum Gasteiger partial charge on any atom is 0.359 e. The number of carbonyl (C=O) groups excluding carboxylic acids is 2. The molecule has 7 nitrogen and oxygen atoms in total. The van der Waals surface area contributed by atoms with Crippen LogP contribution in [0.3, 0.4) is 0 Å². The summed E-state index contributed by atoms with van der Waals surface area (Å²) < 4.78 is 10.4. The Bertz CT molecular complexity index is 957. The third kappa shape index (κ3) is 4.38. The first kappa shape index (κ1) is 18.3. The van der Waals surface area contributed by atoms with Crippen LogP contribution in [-0.2, 0) is 9.53 Å². The van der Waals surface area contributed by atoms with Crippen LogP contribution in [-0.4, -0.2) is 35.1 Å². The maximum atomic E-state index is 12.4. The molecule has 27 heavy (non-hydrogen) atoms. The summed E-state index contributed by atoms with van der Waals surface area (Å²) in [6, 6.07) is 14.1. The van der Waals surface area contributed by atoms with Crippen LogP contribution in [0.15, 0.2) is 54.7 Å². The molecule has 3 rings (SSSR count). The molecule has 0 saturated heterocycles. The average Bonchev–Trinajstić information content (AvgIpc) is 2.71. The van der Waals surface area contributed by atoms with E-state index in [0.29, 0.717) is 28.9 Å². The number of fused-ring (bicyclic) bond motifs is 1. The zero-order valence-corrected chi connectivity index (χ0v) is 15.0. The number of hydrogen-bond acceptors (Lipinski definition) is 6. The molecule has 1 unspecified atom stereocenters. The highest BCUT2D eigenvalue weighted by molar-refractivity contribution is 5.97. The van der Waals surface area contributed by atoms with Gasteiger partial charge in [-0.3, -0.25) is 9.78 Å². The van der Waals surface area contributed by atoms with Crippen molar-refractivity contribution in [2.24, 2.45) is 0 Å². The zero-order valence-electron chi connectivity index (χ0n) is 15.0. The van der Waals surface area contributed by atoms with Crippen molar-refractivity contribution >= 4 is 28.6 Å². The number of carbonyl (C=O) groups is 2. The van der Waals surface area contributed by atoms with Gasteiger partial charge in [0, 0.05) is 5.69 Å². The summed E-state index contributed by atoms with van der Waals surface area (Å²) in [5.74, 6) is -0.420. The Morgan fingerprint density at radius 2 is 1.78 bits per heavy atom. The van der Waals surface area contributed by atoms with E-state index in [2.05, 4.69) is 15.3 Å². The normalized spacial score (nSPS) is 11.6. The number of esters is 1. The molecule has 7 heteroatoms. The van der Waals surface area contributed by atoms with Gasteiger partial charge in [-0.2, -0.15) is 0 Å². The molecule has 0 aliphatic carbocycles. The lowest BCUT2D eigenvalue weighted by atomic mass is 10.2. The summed E-state index contributed by atoms with van der Waals surface area (Å²) in [5, 5.41) is 2.72. The van der Waals surface area contributed by atoms with E-state index in [1.165, 1.54) is 6.20 Å². The summed E-state index contributed by atoms with van der Waals surface area (Å²) in [7, 11) is 1.57. The van der Waals surface area contributed by atoms with Gasteiger partial charge in [-0.25, -0.2) is 9.78 Å². The second-order valence-electron chi connectivity index (χ2n) is 5.76. The van der Waals surface area contributed by atoms with Gasteiger partial charge in [0.2, 0.25) is 0 Å². The molecule has 2 aromatic carbocycles. The van der Waals surface area contributed by atoms with Crippen LogP contribution in [0.25, 0.3) is 11.0 Å². The lowest BCUT2D eigenvalue weighted by molar-refractivity contribution is -0.124. The summed E-state index contributed by atoms with van der Waals surface area (Å²) in [4.78, 5) is 33.2. The van der Waals surface area contributed by atoms with E-state index in [0.717, 1.165) is 0 Å². The Morgan fingerprint density at radius 1 is 1.07 bits per heavy atom. The Morgan fingerprint density at radius 3 is 2.44 bits per heavy atom. The number of ether oxygens (including phenoxy) is 2. The standard InChI is InChI=1S/C20H19N3O4/c1-3-18(19(24)22-13-8-10-14(26-2)11-9-13)27-20(25)17-12-21-15-6-4-5-7-16(15)23-17/h4-12,18H,3H2,1-2H3,(H,22,24). The molecule has 1 N–H and O–H groups in total. The van der Waals surface area contributed by atoms with E-state index in [4.69, 9.17) is 9.47 Å². The lowest BCUT2D eigenvalue weighted by Crippen LogP contribution is -2.32. The molecular weight excluding hydrogens is 346 g/mol. The van der Waals surface area contributed by atoms with Gasteiger partial charge >= 0.3 is 5.97 Å². The van der Waals surface area contributed by atoms with Crippen molar-refractivity contribution in [1.82, 2.24) is 9.97 Å². The molecule has 138 valence electrons. The maximum absolute atomic E-state index is 12.4. The van der Waals surface area contributed by atoms with Crippen molar-refractivity contribution in [2.45, 2.75) is 19.4 Å². The number of benzene rings is 2. The highest BCUT2D eigenvalue weighted by Crippen LogP contribution is 2.16. The molecule has 1 aromatic heterocycles. The van der Waals surface area contributed by atoms with Crippen molar-refractivity contribution in [3.05, 3.63) is 60.4 Å². The van der Waals surface area contributed by atoms with E-state index in [9.17, 15) is 9.59 Å². The summed E-state index contributed by atoms with van der Waals surface area (Å²) in [6.07, 6.45) is 0.737. The third-order valence-electron chi connectivity index (χ3n) is 3.93. The Kier molecular flexibility index (Phi) is 5.61. The molecule has 0 saturated carbocycles. The van der Waals surface area contributed by atoms with Gasteiger partial charge in [-0.05, 0) is 42.8 Å². The average molecular weight is 365 g/mol. The number of nitrogens with one attached hydrogen (secondary N) is 1. The van der Waals surface area contributed by atoms with Gasteiger partial charge in [0.25, 0.3) is 5.91 Å². The summed E-state index contributed by atoms with van der Waals surface area (Å²) in [5.41, 5.74) is 1.91. The summed E-state index contributed by atoms with van der Waals surface area (Å²) in [6.45, 7) is 1.76. The van der Waals surface area contributed by atoms with Gasteiger partial charge in [0.05, 0.1) is 24.3 Å². The van der Waals surface area contributed by atoms with E-state index in [1.807, 2.05) is 12.1 Å². The molecule has 0 bridgehead atoms. The highest BCUT2D eigenvalue weighted by atomic mass is 16.5. The number of anilines is 1. The number of rotatable bonds is 6. The quantitative estimate of drug-likeness (QED) is 0.675. The lowest BCUT2D eigenvalue weighted by Gasteiger charge is -2.16.